The highest BCUT2D eigenvalue weighted by molar-refractivity contribution is 5.97. The molecule has 0 spiro atoms. The summed E-state index contributed by atoms with van der Waals surface area (Å²) in [6, 6.07) is 1.27. The van der Waals surface area contributed by atoms with Crippen molar-refractivity contribution in [1.29, 1.82) is 0 Å². The first-order valence-corrected chi connectivity index (χ1v) is 5.76. The molecule has 0 saturated heterocycles. The van der Waals surface area contributed by atoms with Crippen molar-refractivity contribution in [2.75, 3.05) is 6.54 Å². The van der Waals surface area contributed by atoms with Crippen LogP contribution in [0.1, 0.15) is 35.2 Å². The van der Waals surface area contributed by atoms with Gasteiger partial charge in [-0.2, -0.15) is 13.2 Å². The standard InChI is InChI=1S/C12H13F3N2O/c13-12(14,15)10-3-5-16-7-9(10)11(18)4-6-17-8-1-2-8/h3,5,7-8,17H,1-2,4,6H2. The Morgan fingerprint density at radius 2 is 2.17 bits per heavy atom. The molecule has 3 nitrogen and oxygen atoms in total. The smallest absolute Gasteiger partial charge is 0.314 e. The van der Waals surface area contributed by atoms with Crippen LogP contribution in [0.5, 0.6) is 0 Å². The maximum Gasteiger partial charge on any atom is 0.417 e. The fraction of sp³-hybridized carbons (Fsp3) is 0.500. The molecule has 18 heavy (non-hydrogen) atoms. The van der Waals surface area contributed by atoms with E-state index < -0.39 is 17.5 Å². The Balaban J connectivity index is 2.04. The number of Topliss-reactive ketones (excluding diaryl/α,β-unsaturated/α-hetero) is 1. The molecule has 1 aromatic heterocycles. The highest BCUT2D eigenvalue weighted by Gasteiger charge is 2.35. The number of carbonyl (C=O) groups is 1. The van der Waals surface area contributed by atoms with Crippen LogP contribution in [0.3, 0.4) is 0 Å². The van der Waals surface area contributed by atoms with Crippen molar-refractivity contribution in [3.05, 3.63) is 29.6 Å². The summed E-state index contributed by atoms with van der Waals surface area (Å²) in [5.41, 5.74) is -1.25. The zero-order chi connectivity index (χ0) is 13.2. The second-order valence-corrected chi connectivity index (χ2v) is 4.32. The average Bonchev–Trinajstić information content (AvgIpc) is 3.12. The lowest BCUT2D eigenvalue weighted by Crippen LogP contribution is -2.21. The molecule has 0 atom stereocenters. The minimum Gasteiger partial charge on any atom is -0.314 e. The van der Waals surface area contributed by atoms with E-state index in [0.717, 1.165) is 31.3 Å². The van der Waals surface area contributed by atoms with Gasteiger partial charge in [-0.25, -0.2) is 0 Å². The SMILES string of the molecule is O=C(CCNC1CC1)c1cnccc1C(F)(F)F. The largest absolute Gasteiger partial charge is 0.417 e. The molecule has 0 aromatic carbocycles. The van der Waals surface area contributed by atoms with Gasteiger partial charge in [0.2, 0.25) is 0 Å². The number of carbonyl (C=O) groups excluding carboxylic acids is 1. The number of hydrogen-bond acceptors (Lipinski definition) is 3. The minimum absolute atomic E-state index is 0.0608. The Hall–Kier alpha value is -1.43. The van der Waals surface area contributed by atoms with E-state index in [9.17, 15) is 18.0 Å². The summed E-state index contributed by atoms with van der Waals surface area (Å²) in [5, 5.41) is 3.09. The monoisotopic (exact) mass is 258 g/mol. The van der Waals surface area contributed by atoms with Crippen LogP contribution in [-0.4, -0.2) is 23.4 Å². The summed E-state index contributed by atoms with van der Waals surface area (Å²) in [6.45, 7) is 0.412. The Bertz CT molecular complexity index is 441. The van der Waals surface area contributed by atoms with Gasteiger partial charge in [0.1, 0.15) is 0 Å². The van der Waals surface area contributed by atoms with Crippen LogP contribution in [0, 0.1) is 0 Å². The Morgan fingerprint density at radius 3 is 2.78 bits per heavy atom. The van der Waals surface area contributed by atoms with Crippen molar-refractivity contribution in [2.45, 2.75) is 31.5 Å². The van der Waals surface area contributed by atoms with Crippen LogP contribution in [0.4, 0.5) is 13.2 Å². The Labute approximate surface area is 102 Å². The third-order valence-electron chi connectivity index (χ3n) is 2.79. The van der Waals surface area contributed by atoms with Crippen LogP contribution in [0.15, 0.2) is 18.5 Å². The van der Waals surface area contributed by atoms with Gasteiger partial charge in [-0.05, 0) is 18.9 Å². The topological polar surface area (TPSA) is 42.0 Å². The number of hydrogen-bond donors (Lipinski definition) is 1. The lowest BCUT2D eigenvalue weighted by atomic mass is 10.0. The van der Waals surface area contributed by atoms with Crippen molar-refractivity contribution in [3.63, 3.8) is 0 Å². The Kier molecular flexibility index (Phi) is 3.65. The van der Waals surface area contributed by atoms with E-state index >= 15 is 0 Å². The van der Waals surface area contributed by atoms with Crippen molar-refractivity contribution in [3.8, 4) is 0 Å². The van der Waals surface area contributed by atoms with Crippen LogP contribution in [0.25, 0.3) is 0 Å². The van der Waals surface area contributed by atoms with Gasteiger partial charge < -0.3 is 5.32 Å². The summed E-state index contributed by atoms with van der Waals surface area (Å²) < 4.78 is 38.0. The molecule has 2 rings (SSSR count). The van der Waals surface area contributed by atoms with Crippen LogP contribution >= 0.6 is 0 Å². The fourth-order valence-corrected chi connectivity index (χ4v) is 1.68. The number of aromatic nitrogens is 1. The molecular weight excluding hydrogens is 245 g/mol. The molecule has 0 bridgehead atoms. The molecule has 1 aromatic rings. The van der Waals surface area contributed by atoms with Crippen molar-refractivity contribution in [2.24, 2.45) is 0 Å². The molecule has 1 saturated carbocycles. The molecule has 6 heteroatoms. The van der Waals surface area contributed by atoms with Gasteiger partial charge in [-0.3, -0.25) is 9.78 Å². The second-order valence-electron chi connectivity index (χ2n) is 4.32. The molecule has 0 unspecified atom stereocenters. The summed E-state index contributed by atoms with van der Waals surface area (Å²) in [5.74, 6) is -0.524. The predicted molar refractivity (Wildman–Crippen MR) is 59.2 cm³/mol. The van der Waals surface area contributed by atoms with Gasteiger partial charge in [0, 0.05) is 37.0 Å². The lowest BCUT2D eigenvalue weighted by molar-refractivity contribution is -0.138. The van der Waals surface area contributed by atoms with Gasteiger partial charge >= 0.3 is 6.18 Å². The van der Waals surface area contributed by atoms with E-state index in [1.807, 2.05) is 0 Å². The molecule has 1 aliphatic rings. The first-order valence-electron chi connectivity index (χ1n) is 5.76. The highest BCUT2D eigenvalue weighted by atomic mass is 19.4. The van der Waals surface area contributed by atoms with E-state index in [1.165, 1.54) is 0 Å². The summed E-state index contributed by atoms with van der Waals surface area (Å²) in [6.07, 6.45) is -0.267. The zero-order valence-corrected chi connectivity index (χ0v) is 9.63. The molecule has 0 aliphatic heterocycles. The number of alkyl halides is 3. The number of nitrogens with one attached hydrogen (secondary N) is 1. The highest BCUT2D eigenvalue weighted by Crippen LogP contribution is 2.31. The van der Waals surface area contributed by atoms with Crippen molar-refractivity contribution < 1.29 is 18.0 Å². The molecule has 98 valence electrons. The predicted octanol–water partition coefficient (Wildman–Crippen LogP) is 2.43. The fourth-order valence-electron chi connectivity index (χ4n) is 1.68. The summed E-state index contributed by atoms with van der Waals surface area (Å²) in [4.78, 5) is 15.3. The lowest BCUT2D eigenvalue weighted by Gasteiger charge is -2.11. The molecular formula is C12H13F3N2O. The van der Waals surface area contributed by atoms with E-state index in [-0.39, 0.29) is 12.0 Å². The quantitative estimate of drug-likeness (QED) is 0.825. The molecule has 0 radical (unpaired) electrons. The van der Waals surface area contributed by atoms with Gasteiger partial charge in [-0.15, -0.1) is 0 Å². The minimum atomic E-state index is -4.52. The van der Waals surface area contributed by atoms with Crippen LogP contribution in [-0.2, 0) is 6.18 Å². The molecule has 1 N–H and O–H groups in total. The number of halogens is 3. The van der Waals surface area contributed by atoms with E-state index in [1.54, 1.807) is 0 Å². The first kappa shape index (κ1) is 13.0. The third-order valence-corrected chi connectivity index (χ3v) is 2.79. The maximum absolute atomic E-state index is 12.7. The van der Waals surface area contributed by atoms with E-state index in [4.69, 9.17) is 0 Å². The maximum atomic E-state index is 12.7. The molecule has 1 heterocycles. The molecule has 0 amide bonds. The number of rotatable bonds is 5. The number of nitrogens with zero attached hydrogens (tertiary/aromatic N) is 1. The van der Waals surface area contributed by atoms with Gasteiger partial charge in [-0.1, -0.05) is 0 Å². The van der Waals surface area contributed by atoms with E-state index in [2.05, 4.69) is 10.3 Å². The molecule has 1 fully saturated rings. The summed E-state index contributed by atoms with van der Waals surface area (Å²) >= 11 is 0. The average molecular weight is 258 g/mol. The first-order chi connectivity index (χ1) is 8.48. The van der Waals surface area contributed by atoms with Gasteiger partial charge in [0.05, 0.1) is 5.56 Å². The molecule has 1 aliphatic carbocycles. The third kappa shape index (κ3) is 3.29. The van der Waals surface area contributed by atoms with Gasteiger partial charge in [0.15, 0.2) is 5.78 Å². The van der Waals surface area contributed by atoms with Crippen molar-refractivity contribution in [1.82, 2.24) is 10.3 Å². The number of ketones is 1. The second kappa shape index (κ2) is 5.06. The van der Waals surface area contributed by atoms with Crippen LogP contribution in [0.2, 0.25) is 0 Å². The van der Waals surface area contributed by atoms with E-state index in [0.29, 0.717) is 12.6 Å². The normalized spacial score (nSPS) is 15.7. The Morgan fingerprint density at radius 1 is 1.44 bits per heavy atom. The van der Waals surface area contributed by atoms with Gasteiger partial charge in [0.25, 0.3) is 0 Å². The number of pyridine rings is 1. The summed E-state index contributed by atoms with van der Waals surface area (Å²) in [7, 11) is 0. The van der Waals surface area contributed by atoms with Crippen molar-refractivity contribution >= 4 is 5.78 Å². The van der Waals surface area contributed by atoms with Crippen LogP contribution < -0.4 is 5.32 Å². The zero-order valence-electron chi connectivity index (χ0n) is 9.63.